The van der Waals surface area contributed by atoms with Crippen molar-refractivity contribution in [3.63, 3.8) is 0 Å². The van der Waals surface area contributed by atoms with Gasteiger partial charge in [-0.2, -0.15) is 4.98 Å². The monoisotopic (exact) mass is 236 g/mol. The van der Waals surface area contributed by atoms with E-state index in [4.69, 9.17) is 14.0 Å². The Morgan fingerprint density at radius 2 is 1.76 bits per heavy atom. The number of phenolic OH excluding ortho intramolecular Hbond substituents is 1. The molecule has 0 bridgehead atoms. The number of aromatic nitrogens is 2. The zero-order chi connectivity index (χ0) is 12.4. The molecule has 0 aliphatic carbocycles. The van der Waals surface area contributed by atoms with E-state index in [1.165, 1.54) is 14.2 Å². The van der Waals surface area contributed by atoms with Gasteiger partial charge in [-0.1, -0.05) is 5.16 Å². The molecule has 6 nitrogen and oxygen atoms in total. The molecule has 0 aliphatic heterocycles. The molecule has 17 heavy (non-hydrogen) atoms. The van der Waals surface area contributed by atoms with Gasteiger partial charge in [0.15, 0.2) is 11.5 Å². The standard InChI is InChI=1S/C11H12N2O4/c1-6-12-11(13-17-6)7-4-8(15-2)10(14)9(5-7)16-3/h4-5,14H,1-3H3. The van der Waals surface area contributed by atoms with Gasteiger partial charge in [0, 0.05) is 12.5 Å². The minimum atomic E-state index is -0.0565. The first-order valence-corrected chi connectivity index (χ1v) is 4.91. The van der Waals surface area contributed by atoms with Crippen LogP contribution < -0.4 is 9.47 Å². The number of aromatic hydroxyl groups is 1. The van der Waals surface area contributed by atoms with Crippen LogP contribution in [0.25, 0.3) is 11.4 Å². The predicted molar refractivity (Wildman–Crippen MR) is 59.2 cm³/mol. The van der Waals surface area contributed by atoms with Crippen molar-refractivity contribution in [2.24, 2.45) is 0 Å². The lowest BCUT2D eigenvalue weighted by Crippen LogP contribution is -1.91. The van der Waals surface area contributed by atoms with Gasteiger partial charge in [-0.3, -0.25) is 0 Å². The molecule has 0 spiro atoms. The lowest BCUT2D eigenvalue weighted by atomic mass is 10.1. The Kier molecular flexibility index (Phi) is 2.86. The Balaban J connectivity index is 2.55. The summed E-state index contributed by atoms with van der Waals surface area (Å²) in [6.07, 6.45) is 0. The third kappa shape index (κ3) is 2.01. The maximum Gasteiger partial charge on any atom is 0.223 e. The molecule has 2 rings (SSSR count). The zero-order valence-corrected chi connectivity index (χ0v) is 9.72. The van der Waals surface area contributed by atoms with Gasteiger partial charge in [-0.15, -0.1) is 0 Å². The molecule has 0 saturated heterocycles. The van der Waals surface area contributed by atoms with Gasteiger partial charge >= 0.3 is 0 Å². The first-order valence-electron chi connectivity index (χ1n) is 4.91. The fourth-order valence-electron chi connectivity index (χ4n) is 1.44. The van der Waals surface area contributed by atoms with Crippen molar-refractivity contribution in [3.05, 3.63) is 18.0 Å². The number of methoxy groups -OCH3 is 2. The average molecular weight is 236 g/mol. The largest absolute Gasteiger partial charge is 0.502 e. The van der Waals surface area contributed by atoms with Gasteiger partial charge in [0.25, 0.3) is 0 Å². The van der Waals surface area contributed by atoms with Gasteiger partial charge in [-0.05, 0) is 12.1 Å². The number of benzene rings is 1. The molecule has 0 unspecified atom stereocenters. The second-order valence-corrected chi connectivity index (χ2v) is 3.37. The highest BCUT2D eigenvalue weighted by Crippen LogP contribution is 2.39. The van der Waals surface area contributed by atoms with E-state index in [9.17, 15) is 5.11 Å². The summed E-state index contributed by atoms with van der Waals surface area (Å²) in [4.78, 5) is 4.09. The van der Waals surface area contributed by atoms with Crippen molar-refractivity contribution in [3.8, 4) is 28.6 Å². The fourth-order valence-corrected chi connectivity index (χ4v) is 1.44. The topological polar surface area (TPSA) is 77.6 Å². The first kappa shape index (κ1) is 11.3. The Labute approximate surface area is 97.8 Å². The van der Waals surface area contributed by atoms with E-state index in [-0.39, 0.29) is 5.75 Å². The number of aryl methyl sites for hydroxylation is 1. The van der Waals surface area contributed by atoms with Gasteiger partial charge in [-0.25, -0.2) is 0 Å². The molecule has 0 amide bonds. The van der Waals surface area contributed by atoms with Crippen LogP contribution in [0.4, 0.5) is 0 Å². The van der Waals surface area contributed by atoms with Gasteiger partial charge < -0.3 is 19.1 Å². The molecule has 1 heterocycles. The van der Waals surface area contributed by atoms with Crippen molar-refractivity contribution in [1.82, 2.24) is 10.1 Å². The molecule has 2 aromatic rings. The molecule has 0 aliphatic rings. The van der Waals surface area contributed by atoms with Crippen molar-refractivity contribution in [2.45, 2.75) is 6.92 Å². The predicted octanol–water partition coefficient (Wildman–Crippen LogP) is 1.77. The molecule has 0 atom stereocenters. The minimum Gasteiger partial charge on any atom is -0.502 e. The Bertz CT molecular complexity index is 511. The molecule has 0 saturated carbocycles. The fraction of sp³-hybridized carbons (Fsp3) is 0.273. The Morgan fingerprint density at radius 1 is 1.18 bits per heavy atom. The van der Waals surface area contributed by atoms with E-state index in [1.54, 1.807) is 19.1 Å². The Morgan fingerprint density at radius 3 is 2.18 bits per heavy atom. The second kappa shape index (κ2) is 4.32. The average Bonchev–Trinajstić information content (AvgIpc) is 2.76. The third-order valence-electron chi connectivity index (χ3n) is 2.27. The first-order chi connectivity index (χ1) is 8.15. The maximum atomic E-state index is 9.75. The number of phenols is 1. The second-order valence-electron chi connectivity index (χ2n) is 3.37. The summed E-state index contributed by atoms with van der Waals surface area (Å²) in [6.45, 7) is 1.70. The van der Waals surface area contributed by atoms with Crippen LogP contribution in [-0.4, -0.2) is 29.5 Å². The molecule has 0 radical (unpaired) electrons. The SMILES string of the molecule is COc1cc(-c2noc(C)n2)cc(OC)c1O. The van der Waals surface area contributed by atoms with Crippen molar-refractivity contribution in [2.75, 3.05) is 14.2 Å². The van der Waals surface area contributed by atoms with Crippen molar-refractivity contribution < 1.29 is 19.1 Å². The molecule has 1 N–H and O–H groups in total. The number of hydrogen-bond donors (Lipinski definition) is 1. The summed E-state index contributed by atoms with van der Waals surface area (Å²) in [7, 11) is 2.92. The molecular weight excluding hydrogens is 224 g/mol. The maximum absolute atomic E-state index is 9.75. The summed E-state index contributed by atoms with van der Waals surface area (Å²) < 4.78 is 15.0. The van der Waals surface area contributed by atoms with Crippen LogP contribution in [0.3, 0.4) is 0 Å². The van der Waals surface area contributed by atoms with Crippen LogP contribution in [-0.2, 0) is 0 Å². The van der Waals surface area contributed by atoms with Gasteiger partial charge in [0.05, 0.1) is 14.2 Å². The molecule has 1 aromatic carbocycles. The highest BCUT2D eigenvalue weighted by molar-refractivity contribution is 5.65. The zero-order valence-electron chi connectivity index (χ0n) is 9.72. The van der Waals surface area contributed by atoms with E-state index in [0.717, 1.165) is 0 Å². The van der Waals surface area contributed by atoms with E-state index >= 15 is 0 Å². The number of ether oxygens (including phenoxy) is 2. The smallest absolute Gasteiger partial charge is 0.223 e. The lowest BCUT2D eigenvalue weighted by molar-refractivity contribution is 0.340. The summed E-state index contributed by atoms with van der Waals surface area (Å²) in [5, 5.41) is 13.5. The van der Waals surface area contributed by atoms with E-state index in [2.05, 4.69) is 10.1 Å². The van der Waals surface area contributed by atoms with E-state index in [1.807, 2.05) is 0 Å². The normalized spacial score (nSPS) is 10.3. The summed E-state index contributed by atoms with van der Waals surface area (Å²) in [5.74, 6) is 1.41. The van der Waals surface area contributed by atoms with E-state index < -0.39 is 0 Å². The van der Waals surface area contributed by atoms with Crippen molar-refractivity contribution in [1.29, 1.82) is 0 Å². The third-order valence-corrected chi connectivity index (χ3v) is 2.27. The minimum absolute atomic E-state index is 0.0565. The number of hydrogen-bond acceptors (Lipinski definition) is 6. The molecule has 0 fully saturated rings. The van der Waals surface area contributed by atoms with Gasteiger partial charge in [0.1, 0.15) is 0 Å². The molecule has 90 valence electrons. The van der Waals surface area contributed by atoms with E-state index in [0.29, 0.717) is 28.8 Å². The van der Waals surface area contributed by atoms with Crippen LogP contribution in [0.5, 0.6) is 17.2 Å². The summed E-state index contributed by atoms with van der Waals surface area (Å²) >= 11 is 0. The highest BCUT2D eigenvalue weighted by Gasteiger charge is 2.15. The molecular formula is C11H12N2O4. The number of rotatable bonds is 3. The van der Waals surface area contributed by atoms with Crippen LogP contribution in [0.15, 0.2) is 16.7 Å². The molecule has 1 aromatic heterocycles. The summed E-state index contributed by atoms with van der Waals surface area (Å²) in [6, 6.07) is 3.23. The lowest BCUT2D eigenvalue weighted by Gasteiger charge is -2.09. The van der Waals surface area contributed by atoms with Crippen LogP contribution >= 0.6 is 0 Å². The summed E-state index contributed by atoms with van der Waals surface area (Å²) in [5.41, 5.74) is 0.647. The van der Waals surface area contributed by atoms with Gasteiger partial charge in [0.2, 0.25) is 17.5 Å². The quantitative estimate of drug-likeness (QED) is 0.875. The van der Waals surface area contributed by atoms with Crippen LogP contribution in [0.1, 0.15) is 5.89 Å². The molecule has 6 heteroatoms. The van der Waals surface area contributed by atoms with Crippen molar-refractivity contribution >= 4 is 0 Å². The Hall–Kier alpha value is -2.24. The van der Waals surface area contributed by atoms with Crippen LogP contribution in [0.2, 0.25) is 0 Å². The number of nitrogens with zero attached hydrogens (tertiary/aromatic N) is 2. The highest BCUT2D eigenvalue weighted by atomic mass is 16.5. The van der Waals surface area contributed by atoms with Crippen LogP contribution in [0, 0.1) is 6.92 Å².